The minimum Gasteiger partial charge on any atom is -0.329 e. The molecule has 0 unspecified atom stereocenters. The number of hydrogen-bond donors (Lipinski definition) is 3. The molecule has 0 spiro atoms. The molecule has 0 aliphatic carbocycles. The predicted molar refractivity (Wildman–Crippen MR) is 73.9 cm³/mol. The number of aromatic amines is 3. The molecule has 8 nitrogen and oxygen atoms in total. The summed E-state index contributed by atoms with van der Waals surface area (Å²) in [5.74, 6) is -0.350. The van der Waals surface area contributed by atoms with Crippen LogP contribution in [0.1, 0.15) is 41.5 Å². The highest BCUT2D eigenvalue weighted by molar-refractivity contribution is 5.92. The second-order valence-electron chi connectivity index (χ2n) is 5.02. The molecule has 0 aromatic carbocycles. The smallest absolute Gasteiger partial charge is 0.326 e. The fraction of sp³-hybridized carbons (Fsp3) is 0.385. The maximum Gasteiger partial charge on any atom is 0.326 e. The maximum absolute atomic E-state index is 12.6. The third-order valence-corrected chi connectivity index (χ3v) is 3.64. The first-order chi connectivity index (χ1) is 10.1. The number of aromatic nitrogens is 4. The summed E-state index contributed by atoms with van der Waals surface area (Å²) in [7, 11) is 0. The van der Waals surface area contributed by atoms with Gasteiger partial charge in [0.15, 0.2) is 0 Å². The van der Waals surface area contributed by atoms with Crippen LogP contribution in [0.3, 0.4) is 0 Å². The summed E-state index contributed by atoms with van der Waals surface area (Å²) in [4.78, 5) is 41.3. The number of carbonyl (C=O) groups excluding carboxylic acids is 1. The van der Waals surface area contributed by atoms with Crippen LogP contribution in [0, 0.1) is 0 Å². The van der Waals surface area contributed by atoms with Gasteiger partial charge in [-0.2, -0.15) is 5.10 Å². The van der Waals surface area contributed by atoms with Crippen LogP contribution < -0.4 is 11.2 Å². The normalized spacial score (nSPS) is 18.7. The van der Waals surface area contributed by atoms with E-state index in [1.807, 2.05) is 6.07 Å². The van der Waals surface area contributed by atoms with E-state index in [1.165, 1.54) is 0 Å². The zero-order valence-corrected chi connectivity index (χ0v) is 11.3. The molecule has 8 heteroatoms. The molecular weight excluding hydrogens is 274 g/mol. The number of rotatable bonds is 2. The van der Waals surface area contributed by atoms with E-state index in [-0.39, 0.29) is 17.6 Å². The highest BCUT2D eigenvalue weighted by atomic mass is 16.2. The quantitative estimate of drug-likeness (QED) is 0.730. The van der Waals surface area contributed by atoms with E-state index in [4.69, 9.17) is 0 Å². The summed E-state index contributed by atoms with van der Waals surface area (Å²) in [6.07, 6.45) is 4.37. The van der Waals surface area contributed by atoms with Gasteiger partial charge in [-0.1, -0.05) is 0 Å². The molecular formula is C13H15N5O3. The van der Waals surface area contributed by atoms with Crippen LogP contribution in [0.4, 0.5) is 0 Å². The first kappa shape index (κ1) is 13.3. The van der Waals surface area contributed by atoms with Gasteiger partial charge >= 0.3 is 5.69 Å². The van der Waals surface area contributed by atoms with Gasteiger partial charge in [0.2, 0.25) is 0 Å². The van der Waals surface area contributed by atoms with E-state index in [0.29, 0.717) is 6.54 Å². The molecule has 3 heterocycles. The Morgan fingerprint density at radius 1 is 1.29 bits per heavy atom. The van der Waals surface area contributed by atoms with Crippen molar-refractivity contribution in [2.75, 3.05) is 6.54 Å². The summed E-state index contributed by atoms with van der Waals surface area (Å²) in [5.41, 5.74) is -0.399. The Balaban J connectivity index is 1.94. The SMILES string of the molecule is O=C(c1cc(=O)[nH]c(=O)[nH]1)N1CCCC[C@@H]1c1ccn[nH]1. The molecule has 0 bridgehead atoms. The Bertz CT molecular complexity index is 717. The lowest BCUT2D eigenvalue weighted by atomic mass is 9.99. The van der Waals surface area contributed by atoms with Crippen molar-refractivity contribution in [2.45, 2.75) is 25.3 Å². The van der Waals surface area contributed by atoms with Gasteiger partial charge in [0, 0.05) is 18.8 Å². The van der Waals surface area contributed by atoms with Gasteiger partial charge in [0.25, 0.3) is 11.5 Å². The topological polar surface area (TPSA) is 115 Å². The molecule has 3 rings (SSSR count). The lowest BCUT2D eigenvalue weighted by Crippen LogP contribution is -2.40. The van der Waals surface area contributed by atoms with Crippen molar-refractivity contribution in [3.63, 3.8) is 0 Å². The summed E-state index contributed by atoms with van der Waals surface area (Å²) in [5, 5.41) is 6.80. The highest BCUT2D eigenvalue weighted by Gasteiger charge is 2.30. The highest BCUT2D eigenvalue weighted by Crippen LogP contribution is 2.30. The Labute approximate surface area is 119 Å². The third kappa shape index (κ3) is 2.64. The largest absolute Gasteiger partial charge is 0.329 e. The molecule has 2 aromatic heterocycles. The van der Waals surface area contributed by atoms with E-state index in [9.17, 15) is 14.4 Å². The van der Waals surface area contributed by atoms with Gasteiger partial charge < -0.3 is 9.88 Å². The van der Waals surface area contributed by atoms with Gasteiger partial charge in [0.1, 0.15) is 5.69 Å². The fourth-order valence-corrected chi connectivity index (χ4v) is 2.69. The lowest BCUT2D eigenvalue weighted by molar-refractivity contribution is 0.0599. The van der Waals surface area contributed by atoms with Gasteiger partial charge in [-0.05, 0) is 25.3 Å². The number of likely N-dealkylation sites (tertiary alicyclic amines) is 1. The molecule has 1 fully saturated rings. The van der Waals surface area contributed by atoms with Gasteiger partial charge in [-0.25, -0.2) is 4.79 Å². The van der Waals surface area contributed by atoms with Gasteiger partial charge in [0.05, 0.1) is 11.7 Å². The molecule has 110 valence electrons. The van der Waals surface area contributed by atoms with Crippen molar-refractivity contribution < 1.29 is 4.79 Å². The molecule has 1 amide bonds. The molecule has 1 aliphatic heterocycles. The van der Waals surface area contributed by atoms with Crippen molar-refractivity contribution in [1.29, 1.82) is 0 Å². The Morgan fingerprint density at radius 2 is 2.14 bits per heavy atom. The number of amides is 1. The van der Waals surface area contributed by atoms with Crippen molar-refractivity contribution in [1.82, 2.24) is 25.1 Å². The summed E-state index contributed by atoms with van der Waals surface area (Å²) in [6, 6.07) is 2.83. The van der Waals surface area contributed by atoms with E-state index >= 15 is 0 Å². The Kier molecular flexibility index (Phi) is 3.43. The van der Waals surface area contributed by atoms with E-state index in [2.05, 4.69) is 20.2 Å². The minimum atomic E-state index is -0.680. The Hall–Kier alpha value is -2.64. The number of H-pyrrole nitrogens is 3. The average Bonchev–Trinajstić information content (AvgIpc) is 2.99. The molecule has 1 saturated heterocycles. The second-order valence-corrected chi connectivity index (χ2v) is 5.02. The summed E-state index contributed by atoms with van der Waals surface area (Å²) < 4.78 is 0. The van der Waals surface area contributed by atoms with Crippen LogP contribution in [-0.2, 0) is 0 Å². The van der Waals surface area contributed by atoms with Crippen LogP contribution in [0.25, 0.3) is 0 Å². The van der Waals surface area contributed by atoms with Crippen molar-refractivity contribution in [2.24, 2.45) is 0 Å². The first-order valence-electron chi connectivity index (χ1n) is 6.79. The molecule has 1 aliphatic rings. The number of piperidine rings is 1. The summed E-state index contributed by atoms with van der Waals surface area (Å²) in [6.45, 7) is 0.581. The monoisotopic (exact) mass is 289 g/mol. The summed E-state index contributed by atoms with van der Waals surface area (Å²) >= 11 is 0. The van der Waals surface area contributed by atoms with E-state index in [1.54, 1.807) is 11.1 Å². The van der Waals surface area contributed by atoms with Crippen molar-refractivity contribution in [3.8, 4) is 0 Å². The molecule has 0 radical (unpaired) electrons. The number of carbonyl (C=O) groups is 1. The van der Waals surface area contributed by atoms with Crippen molar-refractivity contribution in [3.05, 3.63) is 50.6 Å². The zero-order chi connectivity index (χ0) is 14.8. The maximum atomic E-state index is 12.6. The number of nitrogens with zero attached hydrogens (tertiary/aromatic N) is 2. The number of nitrogens with one attached hydrogen (secondary N) is 3. The minimum absolute atomic E-state index is 0.00941. The average molecular weight is 289 g/mol. The molecule has 2 aromatic rings. The first-order valence-corrected chi connectivity index (χ1v) is 6.79. The predicted octanol–water partition coefficient (Wildman–Crippen LogP) is 0.154. The molecule has 3 N–H and O–H groups in total. The van der Waals surface area contributed by atoms with Gasteiger partial charge in [-0.3, -0.25) is 19.7 Å². The van der Waals surface area contributed by atoms with Crippen LogP contribution in [-0.4, -0.2) is 37.5 Å². The third-order valence-electron chi connectivity index (χ3n) is 3.64. The lowest BCUT2D eigenvalue weighted by Gasteiger charge is -2.34. The standard InChI is InChI=1S/C13H15N5O3/c19-11-7-9(15-13(21)16-11)12(20)18-6-2-1-3-10(18)8-4-5-14-17-8/h4-5,7,10H,1-3,6H2,(H,14,17)(H2,15,16,19,21)/t10-/m1/s1. The van der Waals surface area contributed by atoms with Crippen LogP contribution in [0.5, 0.6) is 0 Å². The zero-order valence-electron chi connectivity index (χ0n) is 11.3. The van der Waals surface area contributed by atoms with E-state index in [0.717, 1.165) is 31.0 Å². The number of hydrogen-bond acceptors (Lipinski definition) is 4. The fourth-order valence-electron chi connectivity index (χ4n) is 2.69. The van der Waals surface area contributed by atoms with Crippen LogP contribution in [0.2, 0.25) is 0 Å². The molecule has 0 saturated carbocycles. The second kappa shape index (κ2) is 5.39. The van der Waals surface area contributed by atoms with Crippen LogP contribution >= 0.6 is 0 Å². The van der Waals surface area contributed by atoms with Crippen molar-refractivity contribution >= 4 is 5.91 Å². The van der Waals surface area contributed by atoms with Crippen LogP contribution in [0.15, 0.2) is 27.9 Å². The van der Waals surface area contributed by atoms with Gasteiger partial charge in [-0.15, -0.1) is 0 Å². The molecule has 1 atom stereocenters. The molecule has 21 heavy (non-hydrogen) atoms. The van der Waals surface area contributed by atoms with E-state index < -0.39 is 11.2 Å². The Morgan fingerprint density at radius 3 is 2.86 bits per heavy atom.